The number of rotatable bonds is 5. The van der Waals surface area contributed by atoms with Gasteiger partial charge in [0.2, 0.25) is 0 Å². The largest absolute Gasteiger partial charge is 0.337 e. The predicted molar refractivity (Wildman–Crippen MR) is 76.6 cm³/mol. The second-order valence-corrected chi connectivity index (χ2v) is 6.03. The van der Waals surface area contributed by atoms with Gasteiger partial charge in [-0.05, 0) is 43.8 Å². The fraction of sp³-hybridized carbons (Fsp3) is 0.769. The lowest BCUT2D eigenvalue weighted by molar-refractivity contribution is 0.0754. The van der Waals surface area contributed by atoms with Gasteiger partial charge in [-0.1, -0.05) is 18.3 Å². The molecule has 2 rings (SSSR count). The van der Waals surface area contributed by atoms with Crippen molar-refractivity contribution in [3.05, 3.63) is 10.6 Å². The Kier molecular flexibility index (Phi) is 4.87. The first-order valence-electron chi connectivity index (χ1n) is 6.98. The molecule has 1 aliphatic heterocycles. The number of hydrogen-bond acceptors (Lipinski definition) is 5. The van der Waals surface area contributed by atoms with Crippen LogP contribution in [0.4, 0.5) is 0 Å². The van der Waals surface area contributed by atoms with Crippen LogP contribution in [0.15, 0.2) is 0 Å². The topological polar surface area (TPSA) is 58.1 Å². The van der Waals surface area contributed by atoms with E-state index in [1.165, 1.54) is 18.0 Å². The minimum absolute atomic E-state index is 0.0786. The van der Waals surface area contributed by atoms with E-state index in [0.717, 1.165) is 31.7 Å². The van der Waals surface area contributed by atoms with Crippen LogP contribution < -0.4 is 5.32 Å². The Bertz CT molecular complexity index is 426. The van der Waals surface area contributed by atoms with Gasteiger partial charge in [0.1, 0.15) is 4.88 Å². The molecular formula is C13H22N4OS. The maximum absolute atomic E-state index is 12.6. The number of carbonyl (C=O) groups excluding carboxylic acids is 1. The van der Waals surface area contributed by atoms with Crippen LogP contribution in [0.1, 0.15) is 54.9 Å². The van der Waals surface area contributed by atoms with Crippen molar-refractivity contribution in [2.45, 2.75) is 45.6 Å². The Hall–Kier alpha value is -1.01. The first kappa shape index (κ1) is 14.4. The second-order valence-electron chi connectivity index (χ2n) is 5.28. The van der Waals surface area contributed by atoms with Crippen molar-refractivity contribution in [3.8, 4) is 0 Å². The first-order valence-corrected chi connectivity index (χ1v) is 7.75. The van der Waals surface area contributed by atoms with Gasteiger partial charge in [-0.25, -0.2) is 0 Å². The zero-order chi connectivity index (χ0) is 13.8. The first-order chi connectivity index (χ1) is 9.13. The van der Waals surface area contributed by atoms with Gasteiger partial charge in [0.05, 0.1) is 5.69 Å². The second kappa shape index (κ2) is 6.43. The molecule has 0 aliphatic carbocycles. The number of amides is 1. The lowest BCUT2D eigenvalue weighted by Crippen LogP contribution is -2.41. The third kappa shape index (κ3) is 3.30. The van der Waals surface area contributed by atoms with E-state index >= 15 is 0 Å². The molecule has 6 heteroatoms. The summed E-state index contributed by atoms with van der Waals surface area (Å²) >= 11 is 1.21. The van der Waals surface area contributed by atoms with Crippen molar-refractivity contribution >= 4 is 17.4 Å². The minimum atomic E-state index is 0.0786. The Morgan fingerprint density at radius 3 is 2.95 bits per heavy atom. The molecule has 0 spiro atoms. The number of hydrogen-bond donors (Lipinski definition) is 1. The third-order valence-electron chi connectivity index (χ3n) is 3.53. The molecule has 0 aromatic carbocycles. The van der Waals surface area contributed by atoms with Crippen LogP contribution in [0.3, 0.4) is 0 Å². The molecule has 1 atom stereocenters. The summed E-state index contributed by atoms with van der Waals surface area (Å²) in [6, 6.07) is 0.437. The van der Waals surface area contributed by atoms with Crippen LogP contribution in [0.25, 0.3) is 0 Å². The van der Waals surface area contributed by atoms with Gasteiger partial charge < -0.3 is 10.2 Å². The monoisotopic (exact) mass is 282 g/mol. The fourth-order valence-electron chi connectivity index (χ4n) is 2.40. The molecule has 5 nitrogen and oxygen atoms in total. The molecule has 106 valence electrons. The molecule has 19 heavy (non-hydrogen) atoms. The SMILES string of the molecule is CCN(CC1CCCN1)C(=O)c1snnc1C(C)C. The van der Waals surface area contributed by atoms with Crippen LogP contribution in [0, 0.1) is 0 Å². The Morgan fingerprint density at radius 1 is 1.58 bits per heavy atom. The van der Waals surface area contributed by atoms with E-state index in [4.69, 9.17) is 0 Å². The molecule has 1 aromatic rings. The highest BCUT2D eigenvalue weighted by atomic mass is 32.1. The summed E-state index contributed by atoms with van der Waals surface area (Å²) in [5, 5.41) is 7.53. The number of nitrogens with one attached hydrogen (secondary N) is 1. The van der Waals surface area contributed by atoms with Gasteiger partial charge in [0.25, 0.3) is 5.91 Å². The molecule has 1 aliphatic rings. The molecule has 1 N–H and O–H groups in total. The van der Waals surface area contributed by atoms with Gasteiger partial charge in [0, 0.05) is 19.1 Å². The van der Waals surface area contributed by atoms with Crippen LogP contribution in [0.2, 0.25) is 0 Å². The number of aromatic nitrogens is 2. The highest BCUT2D eigenvalue weighted by Crippen LogP contribution is 2.21. The molecule has 1 unspecified atom stereocenters. The van der Waals surface area contributed by atoms with Gasteiger partial charge in [-0.15, -0.1) is 5.10 Å². The third-order valence-corrected chi connectivity index (χ3v) is 4.26. The van der Waals surface area contributed by atoms with E-state index in [-0.39, 0.29) is 11.8 Å². The number of nitrogens with zero attached hydrogens (tertiary/aromatic N) is 3. The van der Waals surface area contributed by atoms with Crippen LogP contribution in [-0.4, -0.2) is 46.1 Å². The van der Waals surface area contributed by atoms with E-state index in [0.29, 0.717) is 10.9 Å². The molecule has 1 aromatic heterocycles. The molecular weight excluding hydrogens is 260 g/mol. The maximum atomic E-state index is 12.6. The van der Waals surface area contributed by atoms with E-state index in [1.807, 2.05) is 25.7 Å². The van der Waals surface area contributed by atoms with E-state index in [2.05, 4.69) is 14.9 Å². The molecule has 0 bridgehead atoms. The van der Waals surface area contributed by atoms with Crippen molar-refractivity contribution in [2.24, 2.45) is 0 Å². The molecule has 2 heterocycles. The maximum Gasteiger partial charge on any atom is 0.267 e. The average molecular weight is 282 g/mol. The summed E-state index contributed by atoms with van der Waals surface area (Å²) in [5.41, 5.74) is 0.827. The average Bonchev–Trinajstić information content (AvgIpc) is 3.05. The van der Waals surface area contributed by atoms with Crippen LogP contribution in [-0.2, 0) is 0 Å². The van der Waals surface area contributed by atoms with Gasteiger partial charge >= 0.3 is 0 Å². The van der Waals surface area contributed by atoms with Gasteiger partial charge in [-0.3, -0.25) is 4.79 Å². The lowest BCUT2D eigenvalue weighted by atomic mass is 10.1. The highest BCUT2D eigenvalue weighted by molar-refractivity contribution is 7.08. The zero-order valence-corrected chi connectivity index (χ0v) is 12.7. The Balaban J connectivity index is 2.08. The summed E-state index contributed by atoms with van der Waals surface area (Å²) in [4.78, 5) is 15.2. The highest BCUT2D eigenvalue weighted by Gasteiger charge is 2.25. The van der Waals surface area contributed by atoms with Crippen molar-refractivity contribution in [1.29, 1.82) is 0 Å². The van der Waals surface area contributed by atoms with Crippen molar-refractivity contribution in [1.82, 2.24) is 19.8 Å². The molecule has 1 saturated heterocycles. The van der Waals surface area contributed by atoms with E-state index < -0.39 is 0 Å². The summed E-state index contributed by atoms with van der Waals surface area (Å²) in [6.07, 6.45) is 2.36. The molecule has 1 amide bonds. The zero-order valence-electron chi connectivity index (χ0n) is 11.8. The lowest BCUT2D eigenvalue weighted by Gasteiger charge is -2.24. The normalized spacial score (nSPS) is 19.1. The summed E-state index contributed by atoms with van der Waals surface area (Å²) in [7, 11) is 0. The quantitative estimate of drug-likeness (QED) is 0.896. The van der Waals surface area contributed by atoms with Crippen molar-refractivity contribution in [2.75, 3.05) is 19.6 Å². The number of likely N-dealkylation sites (N-methyl/N-ethyl adjacent to an activating group) is 1. The van der Waals surface area contributed by atoms with Crippen LogP contribution >= 0.6 is 11.5 Å². The summed E-state index contributed by atoms with van der Waals surface area (Å²) < 4.78 is 3.94. The van der Waals surface area contributed by atoms with Crippen molar-refractivity contribution in [3.63, 3.8) is 0 Å². The predicted octanol–water partition coefficient (Wildman–Crippen LogP) is 1.88. The van der Waals surface area contributed by atoms with Gasteiger partial charge in [0.15, 0.2) is 0 Å². The summed E-state index contributed by atoms with van der Waals surface area (Å²) in [6.45, 7) is 8.69. The summed E-state index contributed by atoms with van der Waals surface area (Å²) in [5.74, 6) is 0.316. The molecule has 0 radical (unpaired) electrons. The molecule has 0 saturated carbocycles. The van der Waals surface area contributed by atoms with E-state index in [1.54, 1.807) is 0 Å². The van der Waals surface area contributed by atoms with Crippen molar-refractivity contribution < 1.29 is 4.79 Å². The fourth-order valence-corrected chi connectivity index (χ4v) is 3.19. The molecule has 1 fully saturated rings. The Labute approximate surface area is 118 Å². The number of carbonyl (C=O) groups is 1. The van der Waals surface area contributed by atoms with Crippen LogP contribution in [0.5, 0.6) is 0 Å². The smallest absolute Gasteiger partial charge is 0.267 e. The van der Waals surface area contributed by atoms with Gasteiger partial charge in [-0.2, -0.15) is 0 Å². The van der Waals surface area contributed by atoms with E-state index in [9.17, 15) is 4.79 Å². The Morgan fingerprint density at radius 2 is 2.37 bits per heavy atom. The minimum Gasteiger partial charge on any atom is -0.337 e. The standard InChI is InChI=1S/C13H22N4OS/c1-4-17(8-10-6-5-7-14-10)13(18)12-11(9(2)3)15-16-19-12/h9-10,14H,4-8H2,1-3H3.